The second-order valence-corrected chi connectivity index (χ2v) is 5.11. The number of amides is 1. The van der Waals surface area contributed by atoms with Crippen LogP contribution in [0.5, 0.6) is 0 Å². The number of piperazine rings is 1. The van der Waals surface area contributed by atoms with Gasteiger partial charge in [0.15, 0.2) is 0 Å². The zero-order valence-corrected chi connectivity index (χ0v) is 11.5. The number of hydrogen-bond donors (Lipinski definition) is 0. The lowest BCUT2D eigenvalue weighted by Crippen LogP contribution is -2.47. The van der Waals surface area contributed by atoms with Crippen molar-refractivity contribution in [2.24, 2.45) is 5.18 Å². The number of nitroso groups, excluding NO2 is 1. The van der Waals surface area contributed by atoms with Crippen LogP contribution in [-0.4, -0.2) is 58.7 Å². The zero-order valence-electron chi connectivity index (χ0n) is 11.5. The van der Waals surface area contributed by atoms with Crippen molar-refractivity contribution < 1.29 is 4.79 Å². The van der Waals surface area contributed by atoms with Gasteiger partial charge in [0, 0.05) is 38.3 Å². The highest BCUT2D eigenvalue weighted by molar-refractivity contribution is 5.93. The van der Waals surface area contributed by atoms with Crippen LogP contribution in [0.2, 0.25) is 0 Å². The smallest absolute Gasteiger partial charge is 0.272 e. The van der Waals surface area contributed by atoms with Crippen LogP contribution >= 0.6 is 0 Å². The van der Waals surface area contributed by atoms with E-state index in [1.54, 1.807) is 9.58 Å². The molecule has 0 atom stereocenters. The minimum Gasteiger partial charge on any atom is -0.335 e. The second-order valence-electron chi connectivity index (χ2n) is 5.11. The number of nitrogens with zero attached hydrogens (tertiary/aromatic N) is 5. The molecule has 1 aromatic heterocycles. The monoisotopic (exact) mass is 265 g/mol. The highest BCUT2D eigenvalue weighted by Gasteiger charge is 2.25. The Morgan fingerprint density at radius 1 is 1.32 bits per heavy atom. The summed E-state index contributed by atoms with van der Waals surface area (Å²) in [7, 11) is 2.04. The van der Waals surface area contributed by atoms with Crippen LogP contribution < -0.4 is 0 Å². The third-order valence-electron chi connectivity index (χ3n) is 3.32. The van der Waals surface area contributed by atoms with Gasteiger partial charge in [-0.2, -0.15) is 0 Å². The van der Waals surface area contributed by atoms with E-state index in [0.29, 0.717) is 18.8 Å². The van der Waals surface area contributed by atoms with Crippen molar-refractivity contribution in [2.75, 3.05) is 33.2 Å². The summed E-state index contributed by atoms with van der Waals surface area (Å²) < 4.78 is 1.57. The van der Waals surface area contributed by atoms with Gasteiger partial charge in [0.25, 0.3) is 5.91 Å². The van der Waals surface area contributed by atoms with E-state index in [0.717, 1.165) is 13.1 Å². The van der Waals surface area contributed by atoms with E-state index in [-0.39, 0.29) is 17.8 Å². The number of rotatable bonds is 3. The molecule has 0 aliphatic carbocycles. The van der Waals surface area contributed by atoms with E-state index in [4.69, 9.17) is 0 Å². The topological polar surface area (TPSA) is 70.8 Å². The van der Waals surface area contributed by atoms with E-state index in [1.165, 1.54) is 6.07 Å². The standard InChI is InChI=1S/C12H19N5O2/c1-9(2)17-10(8-11(13-17)14-19)12(18)16-6-4-15(3)5-7-16/h8-9H,4-7H2,1-3H3. The lowest BCUT2D eigenvalue weighted by Gasteiger charge is -2.32. The third-order valence-corrected chi connectivity index (χ3v) is 3.32. The van der Waals surface area contributed by atoms with Gasteiger partial charge in [0.05, 0.1) is 0 Å². The van der Waals surface area contributed by atoms with Crippen molar-refractivity contribution in [3.63, 3.8) is 0 Å². The lowest BCUT2D eigenvalue weighted by atomic mass is 10.2. The summed E-state index contributed by atoms with van der Waals surface area (Å²) >= 11 is 0. The predicted molar refractivity (Wildman–Crippen MR) is 71.5 cm³/mol. The van der Waals surface area contributed by atoms with Gasteiger partial charge in [-0.3, -0.25) is 9.48 Å². The highest BCUT2D eigenvalue weighted by Crippen LogP contribution is 2.19. The summed E-state index contributed by atoms with van der Waals surface area (Å²) in [4.78, 5) is 27.0. The van der Waals surface area contributed by atoms with Gasteiger partial charge in [-0.15, -0.1) is 10.0 Å². The molecule has 0 aromatic carbocycles. The molecule has 2 heterocycles. The van der Waals surface area contributed by atoms with Crippen molar-refractivity contribution in [3.05, 3.63) is 16.7 Å². The molecule has 1 amide bonds. The molecule has 2 rings (SSSR count). The van der Waals surface area contributed by atoms with Crippen LogP contribution in [0.15, 0.2) is 11.2 Å². The van der Waals surface area contributed by atoms with Crippen LogP contribution in [0.1, 0.15) is 30.4 Å². The normalized spacial score (nSPS) is 16.9. The Labute approximate surface area is 112 Å². The van der Waals surface area contributed by atoms with Gasteiger partial charge in [-0.25, -0.2) is 0 Å². The average molecular weight is 265 g/mol. The first-order chi connectivity index (χ1) is 9.02. The highest BCUT2D eigenvalue weighted by atomic mass is 16.3. The van der Waals surface area contributed by atoms with Crippen molar-refractivity contribution in [1.82, 2.24) is 19.6 Å². The zero-order chi connectivity index (χ0) is 14.0. The average Bonchev–Trinajstić information content (AvgIpc) is 2.83. The maximum atomic E-state index is 12.5. The number of carbonyl (C=O) groups is 1. The number of hydrogen-bond acceptors (Lipinski definition) is 5. The molecule has 0 radical (unpaired) electrons. The van der Waals surface area contributed by atoms with Gasteiger partial charge >= 0.3 is 0 Å². The molecular formula is C12H19N5O2. The first-order valence-electron chi connectivity index (χ1n) is 6.43. The van der Waals surface area contributed by atoms with Crippen LogP contribution in [0.3, 0.4) is 0 Å². The molecule has 7 nitrogen and oxygen atoms in total. The van der Waals surface area contributed by atoms with E-state index in [1.807, 2.05) is 20.9 Å². The summed E-state index contributed by atoms with van der Waals surface area (Å²) in [5.74, 6) is -0.0182. The number of carbonyl (C=O) groups excluding carboxylic acids is 1. The Balaban J connectivity index is 2.22. The second kappa shape index (κ2) is 5.48. The fourth-order valence-corrected chi connectivity index (χ4v) is 2.15. The summed E-state index contributed by atoms with van der Waals surface area (Å²) in [5, 5.41) is 6.85. The van der Waals surface area contributed by atoms with Crippen molar-refractivity contribution >= 4 is 11.7 Å². The fourth-order valence-electron chi connectivity index (χ4n) is 2.15. The Morgan fingerprint density at radius 3 is 2.47 bits per heavy atom. The maximum Gasteiger partial charge on any atom is 0.272 e. The van der Waals surface area contributed by atoms with Gasteiger partial charge in [-0.05, 0) is 26.1 Å². The maximum absolute atomic E-state index is 12.5. The lowest BCUT2D eigenvalue weighted by molar-refractivity contribution is 0.0649. The Bertz CT molecular complexity index is 474. The molecule has 1 aliphatic rings. The van der Waals surface area contributed by atoms with Crippen molar-refractivity contribution in [3.8, 4) is 0 Å². The molecule has 7 heteroatoms. The van der Waals surface area contributed by atoms with E-state index in [9.17, 15) is 9.70 Å². The molecular weight excluding hydrogens is 246 g/mol. The molecule has 1 fully saturated rings. The van der Waals surface area contributed by atoms with Crippen LogP contribution in [0.25, 0.3) is 0 Å². The molecule has 19 heavy (non-hydrogen) atoms. The van der Waals surface area contributed by atoms with E-state index >= 15 is 0 Å². The number of aromatic nitrogens is 2. The molecule has 0 unspecified atom stereocenters. The molecule has 1 saturated heterocycles. The van der Waals surface area contributed by atoms with E-state index in [2.05, 4.69) is 15.2 Å². The molecule has 104 valence electrons. The predicted octanol–water partition coefficient (Wildman–Crippen LogP) is 1.25. The quantitative estimate of drug-likeness (QED) is 0.771. The molecule has 0 bridgehead atoms. The Morgan fingerprint density at radius 2 is 1.95 bits per heavy atom. The summed E-state index contributed by atoms with van der Waals surface area (Å²) in [6.07, 6.45) is 0. The largest absolute Gasteiger partial charge is 0.335 e. The Hall–Kier alpha value is -1.76. The summed E-state index contributed by atoms with van der Waals surface area (Å²) in [6.45, 7) is 6.95. The SMILES string of the molecule is CC(C)n1nc(N=O)cc1C(=O)N1CCN(C)CC1. The minimum absolute atomic E-state index is 0.0157. The first kappa shape index (κ1) is 13.7. The van der Waals surface area contributed by atoms with E-state index < -0.39 is 0 Å². The molecule has 0 saturated carbocycles. The van der Waals surface area contributed by atoms with Gasteiger partial charge in [-0.1, -0.05) is 0 Å². The van der Waals surface area contributed by atoms with Gasteiger partial charge in [0.1, 0.15) is 5.69 Å². The third kappa shape index (κ3) is 2.81. The van der Waals surface area contributed by atoms with Crippen LogP contribution in [0.4, 0.5) is 5.82 Å². The van der Waals surface area contributed by atoms with Crippen LogP contribution in [0, 0.1) is 4.91 Å². The molecule has 0 N–H and O–H groups in total. The summed E-state index contributed by atoms with van der Waals surface area (Å²) in [5.41, 5.74) is 0.439. The van der Waals surface area contributed by atoms with Crippen molar-refractivity contribution in [2.45, 2.75) is 19.9 Å². The molecule has 1 aliphatic heterocycles. The molecule has 1 aromatic rings. The number of likely N-dealkylation sites (N-methyl/N-ethyl adjacent to an activating group) is 1. The fraction of sp³-hybridized carbons (Fsp3) is 0.667. The Kier molecular flexibility index (Phi) is 3.94. The first-order valence-corrected chi connectivity index (χ1v) is 6.43. The van der Waals surface area contributed by atoms with Crippen LogP contribution in [-0.2, 0) is 0 Å². The van der Waals surface area contributed by atoms with Gasteiger partial charge in [0.2, 0.25) is 5.82 Å². The molecule has 0 spiro atoms. The van der Waals surface area contributed by atoms with Crippen molar-refractivity contribution in [1.29, 1.82) is 0 Å². The summed E-state index contributed by atoms with van der Waals surface area (Å²) in [6, 6.07) is 1.48. The van der Waals surface area contributed by atoms with Gasteiger partial charge < -0.3 is 9.80 Å². The minimum atomic E-state index is -0.0794.